The van der Waals surface area contributed by atoms with Crippen molar-refractivity contribution in [3.05, 3.63) is 24.0 Å². The average molecular weight is 363 g/mol. The number of hydrogen-bond acceptors (Lipinski definition) is 5. The summed E-state index contributed by atoms with van der Waals surface area (Å²) in [6.45, 7) is 3.19. The number of aliphatic hydroxyl groups excluding tert-OH is 1. The Morgan fingerprint density at radius 3 is 2.69 bits per heavy atom. The number of ether oxygens (including phenoxy) is 1. The number of fused-ring (bicyclic) bond motifs is 2. The molecule has 7 nitrogen and oxygen atoms in total. The standard InChI is InChI=1S/C18H22FN3O4/c1-10(23)20-6-14-9-22(18(25)26-14)13-2-3-16(15(19)5-13)21-7-11-4-12(8-21)17(11)24/h2-3,5,11-12,14,17,24H,4,6-9H2,1H3,(H,20,23). The largest absolute Gasteiger partial charge is 0.442 e. The summed E-state index contributed by atoms with van der Waals surface area (Å²) in [6.07, 6.45) is -0.250. The van der Waals surface area contributed by atoms with Crippen molar-refractivity contribution in [1.82, 2.24) is 5.32 Å². The van der Waals surface area contributed by atoms with Gasteiger partial charge in [-0.15, -0.1) is 0 Å². The number of anilines is 2. The second-order valence-electron chi connectivity index (χ2n) is 7.34. The zero-order valence-electron chi connectivity index (χ0n) is 14.5. The van der Waals surface area contributed by atoms with Crippen molar-refractivity contribution < 1.29 is 23.8 Å². The van der Waals surface area contributed by atoms with Gasteiger partial charge in [-0.1, -0.05) is 0 Å². The Labute approximate surface area is 150 Å². The molecule has 0 spiro atoms. The number of hydrogen-bond donors (Lipinski definition) is 2. The van der Waals surface area contributed by atoms with Gasteiger partial charge in [-0.2, -0.15) is 0 Å². The predicted molar refractivity (Wildman–Crippen MR) is 92.5 cm³/mol. The molecule has 0 aromatic heterocycles. The van der Waals surface area contributed by atoms with Crippen LogP contribution in [0.3, 0.4) is 0 Å². The van der Waals surface area contributed by atoms with E-state index in [0.717, 1.165) is 6.42 Å². The Bertz CT molecular complexity index is 731. The molecule has 0 radical (unpaired) electrons. The molecule has 3 saturated heterocycles. The molecule has 2 N–H and O–H groups in total. The molecule has 1 aromatic carbocycles. The Morgan fingerprint density at radius 2 is 2.08 bits per heavy atom. The summed E-state index contributed by atoms with van der Waals surface area (Å²) >= 11 is 0. The van der Waals surface area contributed by atoms with E-state index < -0.39 is 18.0 Å². The van der Waals surface area contributed by atoms with E-state index in [4.69, 9.17) is 4.74 Å². The SMILES string of the molecule is CC(=O)NCC1CN(c2ccc(N3CC4CC(C3)C4O)c(F)c2)C(=O)O1. The first kappa shape index (κ1) is 17.1. The van der Waals surface area contributed by atoms with Gasteiger partial charge < -0.3 is 20.1 Å². The molecule has 4 aliphatic rings. The quantitative estimate of drug-likeness (QED) is 0.837. The number of carbonyl (C=O) groups excluding carboxylic acids is 2. The van der Waals surface area contributed by atoms with Crippen LogP contribution < -0.4 is 15.1 Å². The van der Waals surface area contributed by atoms with Gasteiger partial charge >= 0.3 is 6.09 Å². The highest BCUT2D eigenvalue weighted by molar-refractivity contribution is 5.90. The number of nitrogens with one attached hydrogen (secondary N) is 1. The van der Waals surface area contributed by atoms with E-state index in [1.165, 1.54) is 17.9 Å². The normalized spacial score (nSPS) is 30.0. The molecular formula is C18H22FN3O4. The van der Waals surface area contributed by atoms with Crippen LogP contribution in [0.25, 0.3) is 0 Å². The molecule has 2 amide bonds. The molecule has 1 aliphatic carbocycles. The summed E-state index contributed by atoms with van der Waals surface area (Å²) in [7, 11) is 0. The number of piperidine rings is 2. The molecule has 140 valence electrons. The van der Waals surface area contributed by atoms with Gasteiger partial charge in [-0.3, -0.25) is 9.69 Å². The zero-order chi connectivity index (χ0) is 18.4. The van der Waals surface area contributed by atoms with E-state index in [9.17, 15) is 19.1 Å². The lowest BCUT2D eigenvalue weighted by atomic mass is 9.68. The fourth-order valence-corrected chi connectivity index (χ4v) is 4.08. The van der Waals surface area contributed by atoms with Gasteiger partial charge in [0.05, 0.1) is 30.6 Å². The predicted octanol–water partition coefficient (Wildman–Crippen LogP) is 1.10. The number of halogens is 1. The molecule has 3 aliphatic heterocycles. The second-order valence-corrected chi connectivity index (χ2v) is 7.34. The Kier molecular flexibility index (Phi) is 4.22. The number of rotatable bonds is 4. The van der Waals surface area contributed by atoms with E-state index in [1.807, 2.05) is 4.90 Å². The molecular weight excluding hydrogens is 341 g/mol. The fourth-order valence-electron chi connectivity index (χ4n) is 4.08. The van der Waals surface area contributed by atoms with Crippen molar-refractivity contribution >= 4 is 23.4 Å². The lowest BCUT2D eigenvalue weighted by Gasteiger charge is -2.51. The molecule has 3 atom stereocenters. The van der Waals surface area contributed by atoms with Crippen molar-refractivity contribution in [3.8, 4) is 0 Å². The molecule has 3 unspecified atom stereocenters. The summed E-state index contributed by atoms with van der Waals surface area (Å²) < 4.78 is 19.9. The van der Waals surface area contributed by atoms with Gasteiger partial charge in [0, 0.05) is 31.8 Å². The average Bonchev–Trinajstić information content (AvgIpc) is 3.00. The first-order valence-electron chi connectivity index (χ1n) is 8.87. The van der Waals surface area contributed by atoms with Gasteiger partial charge in [0.1, 0.15) is 11.9 Å². The molecule has 3 heterocycles. The molecule has 1 aromatic rings. The van der Waals surface area contributed by atoms with Crippen molar-refractivity contribution in [2.24, 2.45) is 11.8 Å². The third kappa shape index (κ3) is 2.98. The number of benzene rings is 1. The number of amides is 2. The van der Waals surface area contributed by atoms with Crippen LogP contribution in [0.15, 0.2) is 18.2 Å². The van der Waals surface area contributed by atoms with Crippen molar-refractivity contribution in [2.45, 2.75) is 25.6 Å². The highest BCUT2D eigenvalue weighted by Gasteiger charge is 2.46. The minimum Gasteiger partial charge on any atom is -0.442 e. The number of carbonyl (C=O) groups is 2. The first-order valence-corrected chi connectivity index (χ1v) is 8.87. The number of cyclic esters (lactones) is 1. The maximum atomic E-state index is 14.7. The third-order valence-corrected chi connectivity index (χ3v) is 5.52. The van der Waals surface area contributed by atoms with E-state index >= 15 is 0 Å². The van der Waals surface area contributed by atoms with Gasteiger partial charge in [0.25, 0.3) is 0 Å². The van der Waals surface area contributed by atoms with Crippen LogP contribution in [0.1, 0.15) is 13.3 Å². The third-order valence-electron chi connectivity index (χ3n) is 5.52. The van der Waals surface area contributed by atoms with Gasteiger partial charge in [-0.05, 0) is 24.6 Å². The van der Waals surface area contributed by atoms with E-state index in [2.05, 4.69) is 5.32 Å². The number of aliphatic hydroxyl groups is 1. The second kappa shape index (κ2) is 6.42. The lowest BCUT2D eigenvalue weighted by molar-refractivity contribution is -0.119. The van der Waals surface area contributed by atoms with E-state index in [-0.39, 0.29) is 36.9 Å². The van der Waals surface area contributed by atoms with Crippen molar-refractivity contribution in [3.63, 3.8) is 0 Å². The van der Waals surface area contributed by atoms with E-state index in [1.54, 1.807) is 12.1 Å². The highest BCUT2D eigenvalue weighted by Crippen LogP contribution is 2.42. The number of nitrogens with zero attached hydrogens (tertiary/aromatic N) is 2. The summed E-state index contributed by atoms with van der Waals surface area (Å²) in [6, 6.07) is 4.72. The van der Waals surface area contributed by atoms with Crippen LogP contribution in [0.5, 0.6) is 0 Å². The van der Waals surface area contributed by atoms with Crippen LogP contribution in [0, 0.1) is 17.7 Å². The highest BCUT2D eigenvalue weighted by atomic mass is 19.1. The van der Waals surface area contributed by atoms with Crippen LogP contribution in [0.4, 0.5) is 20.6 Å². The van der Waals surface area contributed by atoms with Gasteiger partial charge in [0.2, 0.25) is 5.91 Å². The van der Waals surface area contributed by atoms with Crippen LogP contribution >= 0.6 is 0 Å². The van der Waals surface area contributed by atoms with Crippen molar-refractivity contribution in [2.75, 3.05) is 36.0 Å². The van der Waals surface area contributed by atoms with Crippen LogP contribution in [0.2, 0.25) is 0 Å². The fraction of sp³-hybridized carbons (Fsp3) is 0.556. The Hall–Kier alpha value is -2.35. The smallest absolute Gasteiger partial charge is 0.414 e. The maximum absolute atomic E-state index is 14.7. The molecule has 4 fully saturated rings. The summed E-state index contributed by atoms with van der Waals surface area (Å²) in [5.74, 6) is -0.150. The molecule has 5 rings (SSSR count). The maximum Gasteiger partial charge on any atom is 0.414 e. The Balaban J connectivity index is 1.44. The van der Waals surface area contributed by atoms with Crippen LogP contribution in [-0.2, 0) is 9.53 Å². The monoisotopic (exact) mass is 363 g/mol. The zero-order valence-corrected chi connectivity index (χ0v) is 14.5. The molecule has 2 bridgehead atoms. The minimum atomic E-state index is -0.546. The topological polar surface area (TPSA) is 82.1 Å². The molecule has 26 heavy (non-hydrogen) atoms. The summed E-state index contributed by atoms with van der Waals surface area (Å²) in [5.41, 5.74) is 0.932. The summed E-state index contributed by atoms with van der Waals surface area (Å²) in [5, 5.41) is 12.5. The van der Waals surface area contributed by atoms with Gasteiger partial charge in [0.15, 0.2) is 0 Å². The molecule has 1 saturated carbocycles. The lowest BCUT2D eigenvalue weighted by Crippen LogP contribution is -2.58. The minimum absolute atomic E-state index is 0.195. The molecule has 8 heteroatoms. The van der Waals surface area contributed by atoms with E-state index in [0.29, 0.717) is 24.5 Å². The first-order chi connectivity index (χ1) is 12.4. The van der Waals surface area contributed by atoms with Crippen LogP contribution in [-0.4, -0.2) is 55.5 Å². The van der Waals surface area contributed by atoms with Crippen molar-refractivity contribution in [1.29, 1.82) is 0 Å². The van der Waals surface area contributed by atoms with Gasteiger partial charge in [-0.25, -0.2) is 9.18 Å². The summed E-state index contributed by atoms with van der Waals surface area (Å²) in [4.78, 5) is 26.4. The Morgan fingerprint density at radius 1 is 1.35 bits per heavy atom.